The second-order valence-electron chi connectivity index (χ2n) is 18.6. The van der Waals surface area contributed by atoms with E-state index in [-0.39, 0.29) is 42.3 Å². The van der Waals surface area contributed by atoms with Crippen LogP contribution in [-0.2, 0) is 32.8 Å². The van der Waals surface area contributed by atoms with Gasteiger partial charge in [-0.25, -0.2) is 9.97 Å². The molecule has 1 unspecified atom stereocenters. The predicted octanol–water partition coefficient (Wildman–Crippen LogP) is 4.98. The zero-order chi connectivity index (χ0) is 49.6. The van der Waals surface area contributed by atoms with Crippen LogP contribution in [0.5, 0.6) is 11.5 Å². The maximum atomic E-state index is 13.5. The molecule has 71 heavy (non-hydrogen) atoms. The van der Waals surface area contributed by atoms with Gasteiger partial charge in [0.25, 0.3) is 5.91 Å². The first-order valence-corrected chi connectivity index (χ1v) is 25.2. The van der Waals surface area contributed by atoms with Crippen LogP contribution in [0.15, 0.2) is 90.1 Å². The fourth-order valence-electron chi connectivity index (χ4n) is 9.83. The van der Waals surface area contributed by atoms with Gasteiger partial charge in [0.2, 0.25) is 29.6 Å². The molecule has 6 heterocycles. The summed E-state index contributed by atoms with van der Waals surface area (Å²) in [5.74, 6) is 0.409. The van der Waals surface area contributed by atoms with Crippen LogP contribution >= 0.6 is 11.8 Å². The van der Waals surface area contributed by atoms with Crippen molar-refractivity contribution in [2.24, 2.45) is 7.05 Å². The number of thioether (sulfide) groups is 1. The summed E-state index contributed by atoms with van der Waals surface area (Å²) < 4.78 is 14.0. The molecule has 0 spiro atoms. The van der Waals surface area contributed by atoms with Crippen molar-refractivity contribution in [1.82, 2.24) is 44.4 Å². The minimum Gasteiger partial charge on any atom is -0.494 e. The number of ether oxygens (including phenoxy) is 2. The molecule has 3 fully saturated rings. The number of likely N-dealkylation sites (tertiary alicyclic amines) is 1. The van der Waals surface area contributed by atoms with Gasteiger partial charge in [0.1, 0.15) is 24.1 Å². The molecule has 4 aliphatic rings. The molecule has 372 valence electrons. The lowest BCUT2D eigenvalue weighted by atomic mass is 10.0. The third kappa shape index (κ3) is 11.4. The third-order valence-electron chi connectivity index (χ3n) is 13.7. The first kappa shape index (κ1) is 49.2. The van der Waals surface area contributed by atoms with E-state index in [1.54, 1.807) is 42.5 Å². The number of nitrogens with one attached hydrogen (secondary N) is 3. The van der Waals surface area contributed by atoms with Crippen molar-refractivity contribution in [3.8, 4) is 22.8 Å². The van der Waals surface area contributed by atoms with Crippen LogP contribution < -0.4 is 25.4 Å². The zero-order valence-electron chi connectivity index (χ0n) is 40.7. The molecule has 0 saturated carbocycles. The van der Waals surface area contributed by atoms with Gasteiger partial charge in [-0.1, -0.05) is 30.3 Å². The smallest absolute Gasteiger partial charge is 0.255 e. The molecule has 2 aromatic heterocycles. The van der Waals surface area contributed by atoms with Gasteiger partial charge >= 0.3 is 0 Å². The average molecular weight is 984 g/mol. The van der Waals surface area contributed by atoms with Crippen molar-refractivity contribution in [2.75, 3.05) is 96.6 Å². The number of likely N-dealkylation sites (N-methyl/N-ethyl adjacent to an activating group) is 1. The second-order valence-corrected chi connectivity index (χ2v) is 19.6. The maximum Gasteiger partial charge on any atom is 0.255 e. The normalized spacial score (nSPS) is 18.1. The van der Waals surface area contributed by atoms with Crippen molar-refractivity contribution < 1.29 is 33.4 Å². The van der Waals surface area contributed by atoms with Crippen LogP contribution in [0.4, 0.5) is 17.3 Å². The number of amides is 5. The number of nitrogens with zero attached hydrogens (tertiary/aromatic N) is 8. The highest BCUT2D eigenvalue weighted by molar-refractivity contribution is 8.00. The molecule has 1 atom stereocenters. The van der Waals surface area contributed by atoms with Crippen molar-refractivity contribution in [1.29, 1.82) is 0 Å². The number of hydrogen-bond donors (Lipinski definition) is 3. The Bertz CT molecular complexity index is 2840. The molecular weight excluding hydrogens is 923 g/mol. The van der Waals surface area contributed by atoms with Crippen LogP contribution in [-0.4, -0.2) is 167 Å². The van der Waals surface area contributed by atoms with Gasteiger partial charge in [-0.2, -0.15) is 0 Å². The lowest BCUT2D eigenvalue weighted by molar-refractivity contribution is -0.137. The number of rotatable bonds is 17. The van der Waals surface area contributed by atoms with Crippen molar-refractivity contribution in [3.05, 3.63) is 96.3 Å². The highest BCUT2D eigenvalue weighted by Gasteiger charge is 2.40. The van der Waals surface area contributed by atoms with E-state index in [4.69, 9.17) is 14.5 Å². The molecule has 18 nitrogen and oxygen atoms in total. The van der Waals surface area contributed by atoms with Crippen LogP contribution in [0, 0.1) is 0 Å². The van der Waals surface area contributed by atoms with E-state index in [2.05, 4.69) is 53.6 Å². The summed E-state index contributed by atoms with van der Waals surface area (Å²) in [6.45, 7) is 6.74. The summed E-state index contributed by atoms with van der Waals surface area (Å²) in [7, 11) is 7.54. The molecule has 5 amide bonds. The van der Waals surface area contributed by atoms with Gasteiger partial charge in [-0.05, 0) is 82.3 Å². The topological polar surface area (TPSA) is 187 Å². The average Bonchev–Trinajstić information content (AvgIpc) is 3.89. The largest absolute Gasteiger partial charge is 0.494 e. The van der Waals surface area contributed by atoms with Crippen molar-refractivity contribution in [2.45, 2.75) is 49.2 Å². The Morgan fingerprint density at radius 1 is 0.930 bits per heavy atom. The molecule has 9 rings (SSSR count). The number of imide groups is 1. The molecule has 3 saturated heterocycles. The summed E-state index contributed by atoms with van der Waals surface area (Å²) in [6, 6.07) is 18.9. The quantitative estimate of drug-likeness (QED) is 0.0643. The fourth-order valence-corrected chi connectivity index (χ4v) is 10.8. The molecule has 5 aromatic rings. The number of aryl methyl sites for hydroxylation is 1. The Morgan fingerprint density at radius 2 is 1.73 bits per heavy atom. The van der Waals surface area contributed by atoms with Crippen LogP contribution in [0.25, 0.3) is 22.2 Å². The number of carbonyl (C=O) groups excluding carboxylic acids is 5. The van der Waals surface area contributed by atoms with Crippen molar-refractivity contribution >= 4 is 69.5 Å². The highest BCUT2D eigenvalue weighted by Crippen LogP contribution is 2.39. The van der Waals surface area contributed by atoms with Gasteiger partial charge in [0, 0.05) is 117 Å². The van der Waals surface area contributed by atoms with E-state index in [0.717, 1.165) is 71.6 Å². The molecule has 3 aromatic carbocycles. The lowest BCUT2D eigenvalue weighted by Gasteiger charge is -2.42. The van der Waals surface area contributed by atoms with E-state index in [1.807, 2.05) is 67.4 Å². The number of methoxy groups -OCH3 is 1. The molecule has 4 aliphatic heterocycles. The number of carbonyl (C=O) groups is 5. The number of aromatic nitrogens is 3. The minimum atomic E-state index is -0.681. The van der Waals surface area contributed by atoms with E-state index >= 15 is 0 Å². The second kappa shape index (κ2) is 22.1. The molecule has 3 N–H and O–H groups in total. The summed E-state index contributed by atoms with van der Waals surface area (Å²) in [6.07, 6.45) is 9.75. The van der Waals surface area contributed by atoms with E-state index in [9.17, 15) is 24.0 Å². The molecular formula is C52H61N11O7S. The van der Waals surface area contributed by atoms with Gasteiger partial charge in [0.15, 0.2) is 0 Å². The Kier molecular flexibility index (Phi) is 15.3. The Morgan fingerprint density at radius 3 is 2.51 bits per heavy atom. The first-order chi connectivity index (χ1) is 34.4. The van der Waals surface area contributed by atoms with E-state index < -0.39 is 11.9 Å². The van der Waals surface area contributed by atoms with E-state index in [1.165, 1.54) is 11.8 Å². The van der Waals surface area contributed by atoms with Gasteiger partial charge in [-0.15, -0.1) is 11.8 Å². The molecule has 0 radical (unpaired) electrons. The summed E-state index contributed by atoms with van der Waals surface area (Å²) in [5, 5.41) is 9.79. The molecule has 0 aliphatic carbocycles. The number of piperidine rings is 2. The Labute approximate surface area is 417 Å². The number of benzene rings is 3. The fraction of sp³-hybridized carbons (Fsp3) is 0.404. The SMILES string of the molecule is COc1cc(OCCN(C)C)c(NC(=O)/C=C/CN2CCC(N3CCN(C(=O)CSc4cccc5c4CN(C4CCC(=O)NC4=O)C5=O)CC3)CC2)cc1Nc1nccc(-c2cn(C)c3ccccc23)n1. The number of piperazine rings is 1. The van der Waals surface area contributed by atoms with Crippen LogP contribution in [0.2, 0.25) is 0 Å². The maximum absolute atomic E-state index is 13.5. The Hall–Kier alpha value is -6.80. The third-order valence-corrected chi connectivity index (χ3v) is 14.8. The number of hydrogen-bond acceptors (Lipinski definition) is 14. The number of fused-ring (bicyclic) bond motifs is 2. The number of anilines is 3. The van der Waals surface area contributed by atoms with Gasteiger partial charge in [0.05, 0.1) is 29.9 Å². The van der Waals surface area contributed by atoms with Gasteiger partial charge in [-0.3, -0.25) is 39.1 Å². The minimum absolute atomic E-state index is 0.0647. The zero-order valence-corrected chi connectivity index (χ0v) is 41.5. The monoisotopic (exact) mass is 983 g/mol. The highest BCUT2D eigenvalue weighted by atomic mass is 32.2. The standard InChI is InChI=1S/C52H61N11O7S/c1-58(2)27-28-70-45-30-44(69-4)40(56-52-53-19-16-39(55-52)37-31-59(3)42-11-6-5-9-35(37)42)29-41(45)54-47(64)13-8-20-60-21-17-34(18-22-60)61-23-25-62(26-24-61)49(66)33-71-46-12-7-10-36-38(46)32-63(51(36)68)43-14-15-48(65)57-50(43)67/h5-13,16,19,29-31,34,43H,14-15,17-18,20-28,32-33H2,1-4H3,(H,54,64)(H,53,55,56)(H,57,65,67)/b13-8+. The first-order valence-electron chi connectivity index (χ1n) is 24.2. The van der Waals surface area contributed by atoms with Crippen molar-refractivity contribution in [3.63, 3.8) is 0 Å². The molecule has 19 heteroatoms. The summed E-state index contributed by atoms with van der Waals surface area (Å²) in [5.41, 5.74) is 5.27. The van der Waals surface area contributed by atoms with Gasteiger partial charge < -0.3 is 39.4 Å². The van der Waals surface area contributed by atoms with Crippen LogP contribution in [0.3, 0.4) is 0 Å². The Balaban J connectivity index is 0.747. The molecule has 0 bridgehead atoms. The summed E-state index contributed by atoms with van der Waals surface area (Å²) in [4.78, 5) is 85.0. The number of para-hydroxylation sites is 1. The predicted molar refractivity (Wildman–Crippen MR) is 273 cm³/mol. The van der Waals surface area contributed by atoms with Crippen LogP contribution in [0.1, 0.15) is 41.6 Å². The summed E-state index contributed by atoms with van der Waals surface area (Å²) >= 11 is 1.43. The van der Waals surface area contributed by atoms with E-state index in [0.29, 0.717) is 79.6 Å². The lowest BCUT2D eigenvalue weighted by Crippen LogP contribution is -2.54.